The molecule has 1 aliphatic heterocycles. The zero-order valence-electron chi connectivity index (χ0n) is 12.9. The van der Waals surface area contributed by atoms with Gasteiger partial charge in [-0.15, -0.1) is 11.3 Å². The van der Waals surface area contributed by atoms with Crippen LogP contribution in [-0.4, -0.2) is 26.3 Å². The summed E-state index contributed by atoms with van der Waals surface area (Å²) < 4.78 is 12.3. The van der Waals surface area contributed by atoms with Gasteiger partial charge in [-0.3, -0.25) is 9.36 Å². The maximum Gasteiger partial charge on any atom is 0.262 e. The number of hydrogen-bond donors (Lipinski definition) is 0. The molecule has 4 rings (SSSR count). The van der Waals surface area contributed by atoms with Crippen LogP contribution in [0, 0.1) is 13.8 Å². The van der Waals surface area contributed by atoms with Crippen molar-refractivity contribution in [1.82, 2.24) is 19.7 Å². The molecule has 0 aliphatic carbocycles. The van der Waals surface area contributed by atoms with Crippen molar-refractivity contribution < 1.29 is 9.26 Å². The Kier molecular flexibility index (Phi) is 3.50. The van der Waals surface area contributed by atoms with Crippen LogP contribution in [0.3, 0.4) is 0 Å². The molecule has 0 aromatic carbocycles. The second kappa shape index (κ2) is 5.54. The van der Waals surface area contributed by atoms with Crippen LogP contribution in [-0.2, 0) is 11.3 Å². The van der Waals surface area contributed by atoms with Crippen LogP contribution >= 0.6 is 11.3 Å². The largest absolute Gasteiger partial charge is 0.368 e. The average Bonchev–Trinajstić information content (AvgIpc) is 3.24. The Hall–Kier alpha value is -2.06. The van der Waals surface area contributed by atoms with Gasteiger partial charge in [0.2, 0.25) is 0 Å². The maximum absolute atomic E-state index is 12.6. The molecule has 3 aromatic rings. The number of aryl methyl sites for hydroxylation is 2. The zero-order valence-corrected chi connectivity index (χ0v) is 13.7. The number of fused-ring (bicyclic) bond motifs is 1. The fourth-order valence-electron chi connectivity index (χ4n) is 2.77. The van der Waals surface area contributed by atoms with Crippen molar-refractivity contribution in [2.45, 2.75) is 39.3 Å². The minimum atomic E-state index is -0.115. The molecule has 1 fully saturated rings. The van der Waals surface area contributed by atoms with E-state index in [4.69, 9.17) is 9.26 Å². The lowest BCUT2D eigenvalue weighted by Crippen LogP contribution is -2.21. The molecule has 23 heavy (non-hydrogen) atoms. The second-order valence-corrected chi connectivity index (χ2v) is 6.89. The predicted molar refractivity (Wildman–Crippen MR) is 84.7 cm³/mol. The number of hydrogen-bond acceptors (Lipinski definition) is 7. The van der Waals surface area contributed by atoms with Gasteiger partial charge in [-0.1, -0.05) is 5.16 Å². The Morgan fingerprint density at radius 1 is 1.43 bits per heavy atom. The third-order valence-corrected chi connectivity index (χ3v) is 5.27. The molecule has 3 aromatic heterocycles. The fraction of sp³-hybridized carbons (Fsp3) is 0.467. The summed E-state index contributed by atoms with van der Waals surface area (Å²) in [4.78, 5) is 23.3. The Morgan fingerprint density at radius 3 is 3.09 bits per heavy atom. The Labute approximate surface area is 135 Å². The molecule has 7 nitrogen and oxygen atoms in total. The van der Waals surface area contributed by atoms with Crippen LogP contribution in [0.5, 0.6) is 0 Å². The number of nitrogens with zero attached hydrogens (tertiary/aromatic N) is 4. The first kappa shape index (κ1) is 14.5. The normalized spacial score (nSPS) is 18.1. The smallest absolute Gasteiger partial charge is 0.262 e. The van der Waals surface area contributed by atoms with E-state index in [-0.39, 0.29) is 18.2 Å². The van der Waals surface area contributed by atoms with Gasteiger partial charge in [0.05, 0.1) is 18.3 Å². The van der Waals surface area contributed by atoms with Crippen LogP contribution in [0.25, 0.3) is 10.2 Å². The lowest BCUT2D eigenvalue weighted by molar-refractivity contribution is 0.0835. The summed E-state index contributed by atoms with van der Waals surface area (Å²) in [5, 5.41) is 4.63. The van der Waals surface area contributed by atoms with Crippen LogP contribution in [0.4, 0.5) is 0 Å². The van der Waals surface area contributed by atoms with Crippen molar-refractivity contribution in [1.29, 1.82) is 0 Å². The Morgan fingerprint density at radius 2 is 2.30 bits per heavy atom. The molecule has 1 saturated heterocycles. The van der Waals surface area contributed by atoms with Gasteiger partial charge in [0.15, 0.2) is 5.82 Å². The predicted octanol–water partition coefficient (Wildman–Crippen LogP) is 2.36. The van der Waals surface area contributed by atoms with E-state index in [1.165, 1.54) is 15.9 Å². The van der Waals surface area contributed by atoms with Gasteiger partial charge >= 0.3 is 0 Å². The molecule has 4 heterocycles. The van der Waals surface area contributed by atoms with E-state index in [9.17, 15) is 4.79 Å². The van der Waals surface area contributed by atoms with Gasteiger partial charge < -0.3 is 9.26 Å². The highest BCUT2D eigenvalue weighted by molar-refractivity contribution is 7.18. The van der Waals surface area contributed by atoms with Crippen LogP contribution in [0.2, 0.25) is 0 Å². The number of rotatable bonds is 3. The molecule has 0 bridgehead atoms. The fourth-order valence-corrected chi connectivity index (χ4v) is 3.76. The third kappa shape index (κ3) is 2.47. The molecule has 1 aliphatic rings. The Bertz CT molecular complexity index is 921. The van der Waals surface area contributed by atoms with E-state index in [2.05, 4.69) is 15.1 Å². The van der Waals surface area contributed by atoms with Gasteiger partial charge in [0.1, 0.15) is 10.9 Å². The molecule has 1 atom stereocenters. The highest BCUT2D eigenvalue weighted by atomic mass is 32.1. The summed E-state index contributed by atoms with van der Waals surface area (Å²) in [5.74, 6) is 0.950. The molecule has 0 amide bonds. The highest BCUT2D eigenvalue weighted by Crippen LogP contribution is 2.27. The maximum atomic E-state index is 12.6. The molecule has 8 heteroatoms. The van der Waals surface area contributed by atoms with Crippen molar-refractivity contribution in [3.8, 4) is 0 Å². The van der Waals surface area contributed by atoms with Crippen molar-refractivity contribution in [2.75, 3.05) is 6.61 Å². The number of aromatic nitrogens is 4. The van der Waals surface area contributed by atoms with E-state index in [0.29, 0.717) is 17.1 Å². The standard InChI is InChI=1S/C15H16N4O3S/c1-8-9(2)23-14-12(8)15(20)19(7-16-14)6-11-17-13(22-18-11)10-4-3-5-21-10/h7,10H,3-6H2,1-2H3/t10-/m0/s1. The monoisotopic (exact) mass is 332 g/mol. The first-order valence-electron chi connectivity index (χ1n) is 7.52. The summed E-state index contributed by atoms with van der Waals surface area (Å²) in [6.45, 7) is 4.91. The minimum Gasteiger partial charge on any atom is -0.368 e. The molecule has 0 spiro atoms. The minimum absolute atomic E-state index is 0.0692. The van der Waals surface area contributed by atoms with Gasteiger partial charge in [-0.05, 0) is 32.3 Å². The third-order valence-electron chi connectivity index (χ3n) is 4.16. The summed E-state index contributed by atoms with van der Waals surface area (Å²) in [6, 6.07) is 0. The molecular weight excluding hydrogens is 316 g/mol. The number of ether oxygens (including phenoxy) is 1. The number of thiophene rings is 1. The van der Waals surface area contributed by atoms with Crippen molar-refractivity contribution in [3.05, 3.63) is 38.8 Å². The molecule has 0 saturated carbocycles. The van der Waals surface area contributed by atoms with Gasteiger partial charge in [0.25, 0.3) is 11.4 Å². The first-order valence-corrected chi connectivity index (χ1v) is 8.34. The zero-order chi connectivity index (χ0) is 16.0. The second-order valence-electron chi connectivity index (χ2n) is 5.69. The van der Waals surface area contributed by atoms with Gasteiger partial charge in [0, 0.05) is 11.5 Å². The van der Waals surface area contributed by atoms with Gasteiger partial charge in [-0.25, -0.2) is 4.98 Å². The summed E-state index contributed by atoms with van der Waals surface area (Å²) in [5.41, 5.74) is 0.922. The first-order chi connectivity index (χ1) is 11.1. The lowest BCUT2D eigenvalue weighted by Gasteiger charge is -2.02. The summed E-state index contributed by atoms with van der Waals surface area (Å²) in [6.07, 6.45) is 3.32. The van der Waals surface area contributed by atoms with E-state index in [1.807, 2.05) is 13.8 Å². The van der Waals surface area contributed by atoms with Gasteiger partial charge in [-0.2, -0.15) is 4.98 Å². The molecule has 120 valence electrons. The highest BCUT2D eigenvalue weighted by Gasteiger charge is 2.24. The Balaban J connectivity index is 1.66. The van der Waals surface area contributed by atoms with Crippen LogP contribution < -0.4 is 5.56 Å². The average molecular weight is 332 g/mol. The molecule has 0 N–H and O–H groups in total. The van der Waals surface area contributed by atoms with Crippen molar-refractivity contribution in [3.63, 3.8) is 0 Å². The van der Waals surface area contributed by atoms with Crippen molar-refractivity contribution in [2.24, 2.45) is 0 Å². The van der Waals surface area contributed by atoms with E-state index in [1.54, 1.807) is 6.33 Å². The molecule has 0 unspecified atom stereocenters. The quantitative estimate of drug-likeness (QED) is 0.732. The van der Waals surface area contributed by atoms with Crippen molar-refractivity contribution >= 4 is 21.6 Å². The SMILES string of the molecule is Cc1sc2ncn(Cc3noc([C@@H]4CCCO4)n3)c(=O)c2c1C. The summed E-state index contributed by atoms with van der Waals surface area (Å²) in [7, 11) is 0. The molecule has 0 radical (unpaired) electrons. The topological polar surface area (TPSA) is 83.0 Å². The van der Waals surface area contributed by atoms with E-state index in [0.717, 1.165) is 34.7 Å². The lowest BCUT2D eigenvalue weighted by atomic mass is 10.2. The van der Waals surface area contributed by atoms with Crippen LogP contribution in [0.15, 0.2) is 15.6 Å². The van der Waals surface area contributed by atoms with E-state index >= 15 is 0 Å². The van der Waals surface area contributed by atoms with Crippen LogP contribution in [0.1, 0.15) is 41.1 Å². The summed E-state index contributed by atoms with van der Waals surface area (Å²) >= 11 is 1.54. The molecular formula is C15H16N4O3S. The van der Waals surface area contributed by atoms with E-state index < -0.39 is 0 Å².